The molecule has 2 aliphatic rings. The maximum Gasteiger partial charge on any atom is 0.227 e. The number of benzene rings is 1. The number of ether oxygens (including phenoxy) is 1. The first-order valence-electron chi connectivity index (χ1n) is 9.34. The molecule has 1 aromatic carbocycles. The fraction of sp³-hybridized carbons (Fsp3) is 0.400. The minimum absolute atomic E-state index is 0.177. The third kappa shape index (κ3) is 2.74. The molecule has 7 heteroatoms. The van der Waals surface area contributed by atoms with Crippen molar-refractivity contribution in [3.05, 3.63) is 42.4 Å². The van der Waals surface area contributed by atoms with Crippen molar-refractivity contribution in [1.29, 1.82) is 0 Å². The van der Waals surface area contributed by atoms with Gasteiger partial charge in [-0.3, -0.25) is 4.79 Å². The molecule has 1 saturated heterocycles. The Morgan fingerprint density at radius 3 is 2.96 bits per heavy atom. The second-order valence-corrected chi connectivity index (χ2v) is 7.46. The van der Waals surface area contributed by atoms with Crippen molar-refractivity contribution in [1.82, 2.24) is 19.5 Å². The Balaban J connectivity index is 1.39. The number of rotatable bonds is 1. The molecule has 0 bridgehead atoms. The van der Waals surface area contributed by atoms with Crippen LogP contribution in [0.1, 0.15) is 36.0 Å². The van der Waals surface area contributed by atoms with Crippen LogP contribution in [0.4, 0.5) is 5.95 Å². The number of anilines is 1. The van der Waals surface area contributed by atoms with Gasteiger partial charge in [0.05, 0.1) is 24.5 Å². The second kappa shape index (κ2) is 6.04. The van der Waals surface area contributed by atoms with E-state index in [9.17, 15) is 4.79 Å². The smallest absolute Gasteiger partial charge is 0.227 e. The van der Waals surface area contributed by atoms with E-state index in [-0.39, 0.29) is 5.78 Å². The lowest BCUT2D eigenvalue weighted by Gasteiger charge is -2.37. The molecule has 0 amide bonds. The van der Waals surface area contributed by atoms with Gasteiger partial charge in [-0.15, -0.1) is 0 Å². The lowest BCUT2D eigenvalue weighted by molar-refractivity contribution is 0.0323. The van der Waals surface area contributed by atoms with E-state index in [4.69, 9.17) is 4.74 Å². The molecule has 5 rings (SSSR count). The molecular weight excluding hydrogens is 342 g/mol. The van der Waals surface area contributed by atoms with Gasteiger partial charge in [-0.1, -0.05) is 12.1 Å². The lowest BCUT2D eigenvalue weighted by atomic mass is 9.84. The first kappa shape index (κ1) is 16.2. The number of nitrogens with zero attached hydrogens (tertiary/aromatic N) is 5. The molecule has 0 aliphatic carbocycles. The number of ketones is 1. The van der Waals surface area contributed by atoms with Crippen LogP contribution in [0.25, 0.3) is 11.2 Å². The normalized spacial score (nSPS) is 22.6. The van der Waals surface area contributed by atoms with Crippen LogP contribution in [-0.4, -0.2) is 44.0 Å². The molecule has 1 spiro atoms. The van der Waals surface area contributed by atoms with Crippen LogP contribution in [0.15, 0.2) is 36.8 Å². The number of aromatic nitrogens is 4. The second-order valence-electron chi connectivity index (χ2n) is 7.46. The van der Waals surface area contributed by atoms with Crippen molar-refractivity contribution in [2.24, 2.45) is 7.05 Å². The highest BCUT2D eigenvalue weighted by atomic mass is 16.5. The molecule has 0 saturated carbocycles. The summed E-state index contributed by atoms with van der Waals surface area (Å²) >= 11 is 0. The largest absolute Gasteiger partial charge is 0.486 e. The SMILES string of the molecule is Cn1cnc2nc(N3CCCC4(CC3)CC(=O)c3ccccc3O4)ncc21. The molecule has 2 aliphatic heterocycles. The molecule has 27 heavy (non-hydrogen) atoms. The average Bonchev–Trinajstić information content (AvgIpc) is 2.92. The van der Waals surface area contributed by atoms with E-state index in [1.165, 1.54) is 0 Å². The molecule has 7 nitrogen and oxygen atoms in total. The zero-order chi connectivity index (χ0) is 18.4. The quantitative estimate of drug-likeness (QED) is 0.662. The standard InChI is InChI=1S/C20H21N5O2/c1-24-13-22-18-15(24)12-21-19(23-18)25-9-4-7-20(8-10-25)11-16(26)14-5-2-3-6-17(14)27-20/h2-3,5-6,12-13H,4,7-11H2,1H3. The molecule has 1 atom stereocenters. The van der Waals surface area contributed by atoms with E-state index in [1.54, 1.807) is 6.33 Å². The molecule has 4 heterocycles. The molecule has 138 valence electrons. The summed E-state index contributed by atoms with van der Waals surface area (Å²) in [7, 11) is 1.93. The van der Waals surface area contributed by atoms with Crippen LogP contribution in [0.5, 0.6) is 5.75 Å². The zero-order valence-electron chi connectivity index (χ0n) is 15.3. The number of hydrogen-bond donors (Lipinski definition) is 0. The van der Waals surface area contributed by atoms with Gasteiger partial charge < -0.3 is 14.2 Å². The number of Topliss-reactive ketones (excluding diaryl/α,β-unsaturated/α-hetero) is 1. The Bertz CT molecular complexity index is 1030. The zero-order valence-corrected chi connectivity index (χ0v) is 15.3. The summed E-state index contributed by atoms with van der Waals surface area (Å²) < 4.78 is 8.28. The van der Waals surface area contributed by atoms with E-state index in [0.29, 0.717) is 29.3 Å². The minimum atomic E-state index is -0.421. The topological polar surface area (TPSA) is 73.1 Å². The third-order valence-electron chi connectivity index (χ3n) is 5.65. The van der Waals surface area contributed by atoms with Gasteiger partial charge >= 0.3 is 0 Å². The number of carbonyl (C=O) groups is 1. The Morgan fingerprint density at radius 2 is 2.04 bits per heavy atom. The number of hydrogen-bond acceptors (Lipinski definition) is 6. The fourth-order valence-electron chi connectivity index (χ4n) is 4.15. The highest BCUT2D eigenvalue weighted by Crippen LogP contribution is 2.39. The monoisotopic (exact) mass is 363 g/mol. The summed E-state index contributed by atoms with van der Waals surface area (Å²) in [6.45, 7) is 1.60. The molecule has 1 unspecified atom stereocenters. The molecular formula is C20H21N5O2. The van der Waals surface area contributed by atoms with E-state index < -0.39 is 5.60 Å². The number of imidazole rings is 1. The van der Waals surface area contributed by atoms with Gasteiger partial charge in [0, 0.05) is 26.6 Å². The molecule has 1 fully saturated rings. The third-order valence-corrected chi connectivity index (χ3v) is 5.65. The van der Waals surface area contributed by atoms with Crippen LogP contribution >= 0.6 is 0 Å². The lowest BCUT2D eigenvalue weighted by Crippen LogP contribution is -2.43. The maximum atomic E-state index is 12.6. The van der Waals surface area contributed by atoms with Crippen LogP contribution in [0.3, 0.4) is 0 Å². The van der Waals surface area contributed by atoms with Crippen LogP contribution < -0.4 is 9.64 Å². The molecule has 3 aromatic rings. The Hall–Kier alpha value is -2.96. The van der Waals surface area contributed by atoms with Gasteiger partial charge in [0.15, 0.2) is 11.4 Å². The van der Waals surface area contributed by atoms with E-state index in [0.717, 1.165) is 37.9 Å². The van der Waals surface area contributed by atoms with Crippen molar-refractivity contribution in [3.8, 4) is 5.75 Å². The first-order valence-corrected chi connectivity index (χ1v) is 9.34. The summed E-state index contributed by atoms with van der Waals surface area (Å²) in [6, 6.07) is 7.56. The van der Waals surface area contributed by atoms with Gasteiger partial charge in [-0.05, 0) is 25.0 Å². The Morgan fingerprint density at radius 1 is 1.15 bits per heavy atom. The van der Waals surface area contributed by atoms with Gasteiger partial charge in [-0.25, -0.2) is 9.97 Å². The van der Waals surface area contributed by atoms with Crippen LogP contribution in [0.2, 0.25) is 0 Å². The summed E-state index contributed by atoms with van der Waals surface area (Å²) in [5.41, 5.74) is 1.91. The summed E-state index contributed by atoms with van der Waals surface area (Å²) in [5, 5.41) is 0. The van der Waals surface area contributed by atoms with Crippen molar-refractivity contribution in [2.75, 3.05) is 18.0 Å². The number of fused-ring (bicyclic) bond motifs is 2. The van der Waals surface area contributed by atoms with Gasteiger partial charge in [-0.2, -0.15) is 4.98 Å². The van der Waals surface area contributed by atoms with Crippen molar-refractivity contribution in [3.63, 3.8) is 0 Å². The fourth-order valence-corrected chi connectivity index (χ4v) is 4.15. The van der Waals surface area contributed by atoms with Crippen molar-refractivity contribution >= 4 is 22.9 Å². The van der Waals surface area contributed by atoms with Crippen molar-refractivity contribution < 1.29 is 9.53 Å². The first-order chi connectivity index (χ1) is 13.1. The van der Waals surface area contributed by atoms with E-state index in [1.807, 2.05) is 42.1 Å². The highest BCUT2D eigenvalue weighted by Gasteiger charge is 2.41. The van der Waals surface area contributed by atoms with E-state index >= 15 is 0 Å². The molecule has 2 aromatic heterocycles. The maximum absolute atomic E-state index is 12.6. The Kier molecular flexibility index (Phi) is 3.63. The predicted molar refractivity (Wildman–Crippen MR) is 101 cm³/mol. The van der Waals surface area contributed by atoms with Gasteiger partial charge in [0.1, 0.15) is 16.9 Å². The van der Waals surface area contributed by atoms with Crippen molar-refractivity contribution in [2.45, 2.75) is 31.3 Å². The summed E-state index contributed by atoms with van der Waals surface area (Å²) in [4.78, 5) is 28.3. The average molecular weight is 363 g/mol. The van der Waals surface area contributed by atoms with Crippen LogP contribution in [-0.2, 0) is 7.05 Å². The van der Waals surface area contributed by atoms with Crippen LogP contribution in [0, 0.1) is 0 Å². The highest BCUT2D eigenvalue weighted by molar-refractivity contribution is 6.00. The number of carbonyl (C=O) groups excluding carboxylic acids is 1. The number of aryl methyl sites for hydroxylation is 1. The molecule has 0 radical (unpaired) electrons. The minimum Gasteiger partial charge on any atom is -0.486 e. The van der Waals surface area contributed by atoms with Gasteiger partial charge in [0.25, 0.3) is 0 Å². The summed E-state index contributed by atoms with van der Waals surface area (Å²) in [6.07, 6.45) is 6.57. The number of para-hydroxylation sites is 1. The van der Waals surface area contributed by atoms with Gasteiger partial charge in [0.2, 0.25) is 5.95 Å². The predicted octanol–water partition coefficient (Wildman–Crippen LogP) is 2.76. The molecule has 0 N–H and O–H groups in total. The Labute approximate surface area is 157 Å². The summed E-state index contributed by atoms with van der Waals surface area (Å²) in [5.74, 6) is 1.59. The van der Waals surface area contributed by atoms with E-state index in [2.05, 4.69) is 19.9 Å².